The number of hydrogen-bond donors (Lipinski definition) is 2. The van der Waals surface area contributed by atoms with E-state index in [1.807, 2.05) is 24.3 Å². The molecule has 0 saturated carbocycles. The van der Waals surface area contributed by atoms with E-state index in [1.54, 1.807) is 19.2 Å². The van der Waals surface area contributed by atoms with Gasteiger partial charge >= 0.3 is 0 Å². The molecule has 0 saturated heterocycles. The van der Waals surface area contributed by atoms with E-state index in [4.69, 9.17) is 40.2 Å². The van der Waals surface area contributed by atoms with Crippen molar-refractivity contribution < 1.29 is 9.53 Å². The minimum atomic E-state index is -0.390. The predicted octanol–water partition coefficient (Wildman–Crippen LogP) is 3.81. The highest BCUT2D eigenvalue weighted by Gasteiger charge is 2.12. The second kappa shape index (κ2) is 8.15. The van der Waals surface area contributed by atoms with Crippen LogP contribution >= 0.6 is 35.4 Å². The Balaban J connectivity index is 1.89. The summed E-state index contributed by atoms with van der Waals surface area (Å²) in [5, 5.41) is 6.49. The van der Waals surface area contributed by atoms with Crippen molar-refractivity contribution in [2.45, 2.75) is 6.54 Å². The van der Waals surface area contributed by atoms with Crippen molar-refractivity contribution in [2.24, 2.45) is 0 Å². The lowest BCUT2D eigenvalue weighted by molar-refractivity contribution is 0.0977. The summed E-state index contributed by atoms with van der Waals surface area (Å²) in [6.07, 6.45) is 0. The number of carbonyl (C=O) groups excluding carboxylic acids is 1. The number of benzene rings is 2. The average molecular weight is 369 g/mol. The molecule has 0 radical (unpaired) electrons. The largest absolute Gasteiger partial charge is 0.497 e. The molecule has 1 amide bonds. The fourth-order valence-electron chi connectivity index (χ4n) is 1.81. The average Bonchev–Trinajstić information content (AvgIpc) is 2.53. The van der Waals surface area contributed by atoms with Gasteiger partial charge in [-0.1, -0.05) is 35.3 Å². The highest BCUT2D eigenvalue weighted by molar-refractivity contribution is 7.80. The number of ether oxygens (including phenoxy) is 1. The lowest BCUT2D eigenvalue weighted by atomic mass is 10.2. The van der Waals surface area contributed by atoms with Crippen molar-refractivity contribution >= 4 is 46.4 Å². The van der Waals surface area contributed by atoms with E-state index in [-0.39, 0.29) is 16.0 Å². The molecule has 0 atom stereocenters. The lowest BCUT2D eigenvalue weighted by Crippen LogP contribution is -2.38. The number of thiocarbonyl (C=S) groups is 1. The summed E-state index contributed by atoms with van der Waals surface area (Å²) in [6, 6.07) is 12.2. The highest BCUT2D eigenvalue weighted by Crippen LogP contribution is 2.20. The zero-order valence-corrected chi connectivity index (χ0v) is 14.6. The number of nitrogens with one attached hydrogen (secondary N) is 2. The lowest BCUT2D eigenvalue weighted by Gasteiger charge is -2.11. The summed E-state index contributed by atoms with van der Waals surface area (Å²) in [7, 11) is 1.61. The summed E-state index contributed by atoms with van der Waals surface area (Å²) in [5.74, 6) is 0.390. The third kappa shape index (κ3) is 5.10. The summed E-state index contributed by atoms with van der Waals surface area (Å²) < 4.78 is 5.09. The van der Waals surface area contributed by atoms with Crippen LogP contribution in [0.15, 0.2) is 42.5 Å². The SMILES string of the molecule is COc1ccc(CNC(=S)NC(=O)c2ccc(Cl)cc2Cl)cc1. The number of carbonyl (C=O) groups is 1. The van der Waals surface area contributed by atoms with Gasteiger partial charge in [0.1, 0.15) is 5.75 Å². The number of hydrogen-bond acceptors (Lipinski definition) is 3. The molecule has 2 N–H and O–H groups in total. The molecule has 2 rings (SSSR count). The Morgan fingerprint density at radius 2 is 1.87 bits per heavy atom. The van der Waals surface area contributed by atoms with Crippen LogP contribution in [0.4, 0.5) is 0 Å². The molecule has 0 fully saturated rings. The van der Waals surface area contributed by atoms with Gasteiger partial charge in [0.25, 0.3) is 5.91 Å². The molecule has 0 heterocycles. The summed E-state index contributed by atoms with van der Waals surface area (Å²) in [4.78, 5) is 12.1. The summed E-state index contributed by atoms with van der Waals surface area (Å²) >= 11 is 16.9. The van der Waals surface area contributed by atoms with E-state index >= 15 is 0 Å². The maximum absolute atomic E-state index is 12.1. The Kier molecular flexibility index (Phi) is 6.21. The molecule has 2 aromatic rings. The third-order valence-electron chi connectivity index (χ3n) is 3.01. The van der Waals surface area contributed by atoms with Gasteiger partial charge in [0.15, 0.2) is 5.11 Å². The van der Waals surface area contributed by atoms with Gasteiger partial charge in [-0.3, -0.25) is 10.1 Å². The predicted molar refractivity (Wildman–Crippen MR) is 96.4 cm³/mol. The minimum absolute atomic E-state index is 0.219. The Morgan fingerprint density at radius 1 is 1.17 bits per heavy atom. The molecule has 7 heteroatoms. The number of halogens is 2. The molecule has 120 valence electrons. The Bertz CT molecular complexity index is 721. The topological polar surface area (TPSA) is 50.4 Å². The van der Waals surface area contributed by atoms with Crippen molar-refractivity contribution in [1.82, 2.24) is 10.6 Å². The van der Waals surface area contributed by atoms with Crippen LogP contribution in [0.1, 0.15) is 15.9 Å². The molecule has 0 unspecified atom stereocenters. The minimum Gasteiger partial charge on any atom is -0.497 e. The molecule has 23 heavy (non-hydrogen) atoms. The summed E-state index contributed by atoms with van der Waals surface area (Å²) in [6.45, 7) is 0.484. The standard InChI is InChI=1S/C16H14Cl2N2O2S/c1-22-12-5-2-10(3-6-12)9-19-16(23)20-15(21)13-7-4-11(17)8-14(13)18/h2-8H,9H2,1H3,(H2,19,20,21,23). The van der Waals surface area contributed by atoms with E-state index in [1.165, 1.54) is 6.07 Å². The first-order chi connectivity index (χ1) is 11.0. The fraction of sp³-hybridized carbons (Fsp3) is 0.125. The van der Waals surface area contributed by atoms with Crippen molar-refractivity contribution in [3.05, 3.63) is 63.6 Å². The van der Waals surface area contributed by atoms with E-state index in [0.29, 0.717) is 17.1 Å². The van der Waals surface area contributed by atoms with Crippen molar-refractivity contribution in [1.29, 1.82) is 0 Å². The van der Waals surface area contributed by atoms with Crippen LogP contribution in [-0.4, -0.2) is 18.1 Å². The normalized spacial score (nSPS) is 10.0. The van der Waals surface area contributed by atoms with Crippen LogP contribution in [0.3, 0.4) is 0 Å². The van der Waals surface area contributed by atoms with Crippen LogP contribution in [-0.2, 0) is 6.54 Å². The van der Waals surface area contributed by atoms with Gasteiger partial charge in [-0.2, -0.15) is 0 Å². The second-order valence-corrected chi connectivity index (χ2v) is 5.86. The van der Waals surface area contributed by atoms with Crippen LogP contribution in [0.2, 0.25) is 10.0 Å². The molecule has 0 aliphatic carbocycles. The first-order valence-electron chi connectivity index (χ1n) is 6.67. The molecule has 4 nitrogen and oxygen atoms in total. The Morgan fingerprint density at radius 3 is 2.48 bits per heavy atom. The molecule has 0 bridgehead atoms. The third-order valence-corrected chi connectivity index (χ3v) is 3.81. The van der Waals surface area contributed by atoms with Gasteiger partial charge < -0.3 is 10.1 Å². The first-order valence-corrected chi connectivity index (χ1v) is 7.83. The number of amides is 1. The number of methoxy groups -OCH3 is 1. The van der Waals surface area contributed by atoms with E-state index in [9.17, 15) is 4.79 Å². The molecular weight excluding hydrogens is 355 g/mol. The van der Waals surface area contributed by atoms with Gasteiger partial charge in [0.2, 0.25) is 0 Å². The molecule has 0 aromatic heterocycles. The molecule has 0 spiro atoms. The van der Waals surface area contributed by atoms with Crippen LogP contribution in [0.5, 0.6) is 5.75 Å². The molecule has 0 aliphatic rings. The Labute approximate surface area is 149 Å². The van der Waals surface area contributed by atoms with Gasteiger partial charge in [-0.15, -0.1) is 0 Å². The van der Waals surface area contributed by atoms with Crippen molar-refractivity contribution in [2.75, 3.05) is 7.11 Å². The van der Waals surface area contributed by atoms with Crippen LogP contribution in [0.25, 0.3) is 0 Å². The van der Waals surface area contributed by atoms with Crippen LogP contribution in [0, 0.1) is 0 Å². The highest BCUT2D eigenvalue weighted by atomic mass is 35.5. The van der Waals surface area contributed by atoms with Gasteiger partial charge in [-0.25, -0.2) is 0 Å². The van der Waals surface area contributed by atoms with E-state index in [0.717, 1.165) is 11.3 Å². The monoisotopic (exact) mass is 368 g/mol. The van der Waals surface area contributed by atoms with Crippen molar-refractivity contribution in [3.8, 4) is 5.75 Å². The smallest absolute Gasteiger partial charge is 0.258 e. The second-order valence-electron chi connectivity index (χ2n) is 4.61. The quantitative estimate of drug-likeness (QED) is 0.805. The maximum Gasteiger partial charge on any atom is 0.258 e. The molecule has 2 aromatic carbocycles. The molecule has 0 aliphatic heterocycles. The zero-order chi connectivity index (χ0) is 16.8. The maximum atomic E-state index is 12.1. The van der Waals surface area contributed by atoms with Gasteiger partial charge in [0, 0.05) is 11.6 Å². The van der Waals surface area contributed by atoms with Gasteiger partial charge in [-0.05, 0) is 48.1 Å². The zero-order valence-electron chi connectivity index (χ0n) is 12.2. The van der Waals surface area contributed by atoms with E-state index < -0.39 is 0 Å². The Hall–Kier alpha value is -1.82. The fourth-order valence-corrected chi connectivity index (χ4v) is 2.47. The van der Waals surface area contributed by atoms with Crippen molar-refractivity contribution in [3.63, 3.8) is 0 Å². The number of rotatable bonds is 4. The summed E-state index contributed by atoms with van der Waals surface area (Å²) in [5.41, 5.74) is 1.32. The first kappa shape index (κ1) is 17.5. The van der Waals surface area contributed by atoms with Crippen LogP contribution < -0.4 is 15.4 Å². The van der Waals surface area contributed by atoms with E-state index in [2.05, 4.69) is 10.6 Å². The van der Waals surface area contributed by atoms with Gasteiger partial charge in [0.05, 0.1) is 17.7 Å². The molecular formula is C16H14Cl2N2O2S.